The van der Waals surface area contributed by atoms with E-state index in [1.807, 2.05) is 0 Å². The van der Waals surface area contributed by atoms with Gasteiger partial charge in [0.1, 0.15) is 5.75 Å². The van der Waals surface area contributed by atoms with Crippen LogP contribution in [-0.4, -0.2) is 26.5 Å². The Morgan fingerprint density at radius 3 is 2.38 bits per heavy atom. The number of carbonyl (C=O) groups is 1. The van der Waals surface area contributed by atoms with E-state index in [9.17, 15) is 13.2 Å². The molecule has 140 valence electrons. The number of hydrogen-bond donors (Lipinski definition) is 2. The number of sulfonamides is 1. The summed E-state index contributed by atoms with van der Waals surface area (Å²) in [5.74, 6) is 0.105. The summed E-state index contributed by atoms with van der Waals surface area (Å²) in [7, 11) is -3.68. The Labute approximate surface area is 158 Å². The minimum absolute atomic E-state index is 0.0730. The van der Waals surface area contributed by atoms with E-state index in [0.717, 1.165) is 0 Å². The monoisotopic (exact) mass is 396 g/mol. The summed E-state index contributed by atoms with van der Waals surface area (Å²) in [4.78, 5) is 12.1. The average molecular weight is 397 g/mol. The van der Waals surface area contributed by atoms with Gasteiger partial charge in [0.05, 0.1) is 4.90 Å². The molecule has 0 saturated carbocycles. The molecule has 8 heteroatoms. The van der Waals surface area contributed by atoms with Gasteiger partial charge in [-0.3, -0.25) is 4.79 Å². The normalized spacial score (nSPS) is 11.8. The summed E-state index contributed by atoms with van der Waals surface area (Å²) < 4.78 is 32.7. The third-order valence-corrected chi connectivity index (χ3v) is 5.06. The molecule has 0 radical (unpaired) electrons. The first-order valence-electron chi connectivity index (χ1n) is 7.87. The van der Waals surface area contributed by atoms with Crippen LogP contribution in [0.25, 0.3) is 0 Å². The lowest BCUT2D eigenvalue weighted by Crippen LogP contribution is -2.40. The first-order chi connectivity index (χ1) is 12.0. The standard InChI is InChI=1S/C18H21ClN2O4S/c1-18(2,3)21-26(23,24)16-6-4-5-14(11-16)20-17(22)12-25-15-9-7-13(19)8-10-15/h4-11,21H,12H2,1-3H3,(H,20,22). The zero-order valence-electron chi connectivity index (χ0n) is 14.7. The van der Waals surface area contributed by atoms with Crippen LogP contribution in [0.3, 0.4) is 0 Å². The average Bonchev–Trinajstić information content (AvgIpc) is 2.52. The summed E-state index contributed by atoms with van der Waals surface area (Å²) in [5, 5.41) is 3.19. The van der Waals surface area contributed by atoms with Gasteiger partial charge in [-0.15, -0.1) is 0 Å². The Kier molecular flexibility index (Phi) is 6.28. The second kappa shape index (κ2) is 8.07. The highest BCUT2D eigenvalue weighted by molar-refractivity contribution is 7.89. The lowest BCUT2D eigenvalue weighted by atomic mass is 10.1. The smallest absolute Gasteiger partial charge is 0.262 e. The minimum Gasteiger partial charge on any atom is -0.484 e. The van der Waals surface area contributed by atoms with Crippen molar-refractivity contribution >= 4 is 33.2 Å². The topological polar surface area (TPSA) is 84.5 Å². The molecule has 2 N–H and O–H groups in total. The maximum atomic E-state index is 12.4. The van der Waals surface area contributed by atoms with Gasteiger partial charge in [0.2, 0.25) is 10.0 Å². The fourth-order valence-electron chi connectivity index (χ4n) is 2.08. The Morgan fingerprint density at radius 2 is 1.77 bits per heavy atom. The van der Waals surface area contributed by atoms with Crippen molar-refractivity contribution in [2.75, 3.05) is 11.9 Å². The van der Waals surface area contributed by atoms with Crippen LogP contribution in [0.2, 0.25) is 5.02 Å². The van der Waals surface area contributed by atoms with Gasteiger partial charge in [0.25, 0.3) is 5.91 Å². The molecule has 0 aliphatic heterocycles. The first-order valence-corrected chi connectivity index (χ1v) is 9.73. The first kappa shape index (κ1) is 20.2. The highest BCUT2D eigenvalue weighted by atomic mass is 35.5. The van der Waals surface area contributed by atoms with Crippen molar-refractivity contribution in [3.8, 4) is 5.75 Å². The van der Waals surface area contributed by atoms with Crippen LogP contribution in [-0.2, 0) is 14.8 Å². The predicted molar refractivity (Wildman–Crippen MR) is 102 cm³/mol. The predicted octanol–water partition coefficient (Wildman–Crippen LogP) is 3.43. The minimum atomic E-state index is -3.68. The third kappa shape index (κ3) is 6.33. The highest BCUT2D eigenvalue weighted by Crippen LogP contribution is 2.18. The second-order valence-electron chi connectivity index (χ2n) is 6.67. The molecule has 26 heavy (non-hydrogen) atoms. The van der Waals surface area contributed by atoms with E-state index < -0.39 is 21.5 Å². The molecule has 6 nitrogen and oxygen atoms in total. The maximum absolute atomic E-state index is 12.4. The largest absolute Gasteiger partial charge is 0.484 e. The molecule has 0 aliphatic carbocycles. The van der Waals surface area contributed by atoms with Crippen molar-refractivity contribution in [1.82, 2.24) is 4.72 Å². The Balaban J connectivity index is 2.01. The fraction of sp³-hybridized carbons (Fsp3) is 0.278. The van der Waals surface area contributed by atoms with E-state index in [-0.39, 0.29) is 11.5 Å². The number of halogens is 1. The van der Waals surface area contributed by atoms with Gasteiger partial charge in [-0.05, 0) is 63.2 Å². The summed E-state index contributed by atoms with van der Waals surface area (Å²) in [5.41, 5.74) is -0.240. The molecule has 0 bridgehead atoms. The Hall–Kier alpha value is -2.09. The molecule has 2 aromatic carbocycles. The summed E-state index contributed by atoms with van der Waals surface area (Å²) in [6.45, 7) is 5.05. The van der Waals surface area contributed by atoms with Crippen LogP contribution in [0.1, 0.15) is 20.8 Å². The van der Waals surface area contributed by atoms with E-state index in [2.05, 4.69) is 10.0 Å². The van der Waals surface area contributed by atoms with Crippen molar-refractivity contribution in [2.45, 2.75) is 31.2 Å². The quantitative estimate of drug-likeness (QED) is 0.783. The van der Waals surface area contributed by atoms with Gasteiger partial charge in [0, 0.05) is 16.2 Å². The highest BCUT2D eigenvalue weighted by Gasteiger charge is 2.22. The van der Waals surface area contributed by atoms with Gasteiger partial charge >= 0.3 is 0 Å². The molecule has 0 unspecified atom stereocenters. The van der Waals surface area contributed by atoms with Gasteiger partial charge in [-0.2, -0.15) is 0 Å². The summed E-state index contributed by atoms with van der Waals surface area (Å²) in [6.07, 6.45) is 0. The van der Waals surface area contributed by atoms with Gasteiger partial charge in [0.15, 0.2) is 6.61 Å². The van der Waals surface area contributed by atoms with Crippen LogP contribution in [0.4, 0.5) is 5.69 Å². The molecule has 0 saturated heterocycles. The van der Waals surface area contributed by atoms with E-state index in [4.69, 9.17) is 16.3 Å². The lowest BCUT2D eigenvalue weighted by molar-refractivity contribution is -0.118. The van der Waals surface area contributed by atoms with Crippen LogP contribution in [0.15, 0.2) is 53.4 Å². The molecule has 2 aromatic rings. The molecule has 2 rings (SSSR count). The molecule has 0 aromatic heterocycles. The van der Waals surface area contributed by atoms with Crippen molar-refractivity contribution < 1.29 is 17.9 Å². The molecule has 0 spiro atoms. The molecule has 0 atom stereocenters. The maximum Gasteiger partial charge on any atom is 0.262 e. The number of rotatable bonds is 6. The van der Waals surface area contributed by atoms with Crippen LogP contribution < -0.4 is 14.8 Å². The summed E-state index contributed by atoms with van der Waals surface area (Å²) >= 11 is 5.78. The van der Waals surface area contributed by atoms with E-state index >= 15 is 0 Å². The number of nitrogens with one attached hydrogen (secondary N) is 2. The lowest BCUT2D eigenvalue weighted by Gasteiger charge is -2.20. The number of benzene rings is 2. The van der Waals surface area contributed by atoms with Crippen molar-refractivity contribution in [2.24, 2.45) is 0 Å². The fourth-order valence-corrected chi connectivity index (χ4v) is 3.67. The van der Waals surface area contributed by atoms with Gasteiger partial charge in [-0.25, -0.2) is 13.1 Å². The Morgan fingerprint density at radius 1 is 1.12 bits per heavy atom. The van der Waals surface area contributed by atoms with Crippen molar-refractivity contribution in [3.05, 3.63) is 53.6 Å². The van der Waals surface area contributed by atoms with Crippen LogP contribution in [0, 0.1) is 0 Å². The number of hydrogen-bond acceptors (Lipinski definition) is 4. The zero-order valence-corrected chi connectivity index (χ0v) is 16.3. The van der Waals surface area contributed by atoms with Crippen LogP contribution >= 0.6 is 11.6 Å². The SMILES string of the molecule is CC(C)(C)NS(=O)(=O)c1cccc(NC(=O)COc2ccc(Cl)cc2)c1. The van der Waals surface area contributed by atoms with E-state index in [0.29, 0.717) is 16.5 Å². The van der Waals surface area contributed by atoms with E-state index in [1.165, 1.54) is 12.1 Å². The third-order valence-electron chi connectivity index (χ3n) is 3.05. The number of carbonyl (C=O) groups excluding carboxylic acids is 1. The van der Waals surface area contributed by atoms with Gasteiger partial charge < -0.3 is 10.1 Å². The van der Waals surface area contributed by atoms with Crippen LogP contribution in [0.5, 0.6) is 5.75 Å². The molecule has 1 amide bonds. The second-order valence-corrected chi connectivity index (χ2v) is 8.79. The molecule has 0 fully saturated rings. The number of ether oxygens (including phenoxy) is 1. The molecule has 0 aliphatic rings. The van der Waals surface area contributed by atoms with Crippen molar-refractivity contribution in [3.63, 3.8) is 0 Å². The summed E-state index contributed by atoms with van der Waals surface area (Å²) in [6, 6.07) is 12.7. The molecular formula is C18H21ClN2O4S. The Bertz CT molecular complexity index is 875. The number of anilines is 1. The zero-order chi connectivity index (χ0) is 19.4. The molecule has 0 heterocycles. The van der Waals surface area contributed by atoms with E-state index in [1.54, 1.807) is 57.2 Å². The number of amides is 1. The molecular weight excluding hydrogens is 376 g/mol. The van der Waals surface area contributed by atoms with Crippen molar-refractivity contribution in [1.29, 1.82) is 0 Å². The van der Waals surface area contributed by atoms with Gasteiger partial charge in [-0.1, -0.05) is 17.7 Å².